The number of ether oxygens (including phenoxy) is 1. The summed E-state index contributed by atoms with van der Waals surface area (Å²) in [6.45, 7) is 1.83. The number of aryl methyl sites for hydroxylation is 1. The van der Waals surface area contributed by atoms with E-state index in [0.29, 0.717) is 0 Å². The third-order valence-electron chi connectivity index (χ3n) is 1.50. The highest BCUT2D eigenvalue weighted by Crippen LogP contribution is 2.22. The fourth-order valence-corrected chi connectivity index (χ4v) is 1.60. The summed E-state index contributed by atoms with van der Waals surface area (Å²) < 4.78 is 8.40. The minimum Gasteiger partial charge on any atom is -0.477 e. The van der Waals surface area contributed by atoms with E-state index in [2.05, 4.69) is 27.7 Å². The SMILES string of the molecule is Ic1cnn2c1OCCC2. The maximum atomic E-state index is 5.39. The average Bonchev–Trinajstić information content (AvgIpc) is 2.34. The van der Waals surface area contributed by atoms with E-state index in [1.54, 1.807) is 0 Å². The first-order chi connectivity index (χ1) is 4.88. The molecule has 4 heteroatoms. The zero-order valence-electron chi connectivity index (χ0n) is 5.38. The first-order valence-electron chi connectivity index (χ1n) is 3.22. The van der Waals surface area contributed by atoms with Crippen molar-refractivity contribution >= 4 is 22.6 Å². The first-order valence-corrected chi connectivity index (χ1v) is 4.30. The Labute approximate surface area is 72.5 Å². The molecule has 10 heavy (non-hydrogen) atoms. The van der Waals surface area contributed by atoms with Crippen molar-refractivity contribution in [3.8, 4) is 5.88 Å². The van der Waals surface area contributed by atoms with Gasteiger partial charge < -0.3 is 4.74 Å². The van der Waals surface area contributed by atoms with Crippen molar-refractivity contribution in [3.05, 3.63) is 9.77 Å². The van der Waals surface area contributed by atoms with Gasteiger partial charge in [0.2, 0.25) is 5.88 Å². The van der Waals surface area contributed by atoms with Crippen LogP contribution in [0.2, 0.25) is 0 Å². The standard InChI is InChI=1S/C6H7IN2O/c7-5-4-8-9-2-1-3-10-6(5)9/h4H,1-3H2. The molecule has 0 atom stereocenters. The lowest BCUT2D eigenvalue weighted by Crippen LogP contribution is -2.14. The van der Waals surface area contributed by atoms with Gasteiger partial charge in [0.25, 0.3) is 0 Å². The minimum atomic E-state index is 0.835. The molecule has 0 N–H and O–H groups in total. The van der Waals surface area contributed by atoms with Crippen molar-refractivity contribution in [1.29, 1.82) is 0 Å². The topological polar surface area (TPSA) is 27.1 Å². The molecule has 0 aliphatic carbocycles. The van der Waals surface area contributed by atoms with Gasteiger partial charge in [-0.2, -0.15) is 5.10 Å². The van der Waals surface area contributed by atoms with Crippen LogP contribution in [0.5, 0.6) is 5.88 Å². The summed E-state index contributed by atoms with van der Waals surface area (Å²) in [6.07, 6.45) is 2.91. The molecule has 0 saturated heterocycles. The number of nitrogens with zero attached hydrogens (tertiary/aromatic N) is 2. The molecule has 0 fully saturated rings. The van der Waals surface area contributed by atoms with Gasteiger partial charge in [0, 0.05) is 13.0 Å². The molecule has 0 bridgehead atoms. The van der Waals surface area contributed by atoms with Crippen molar-refractivity contribution in [2.24, 2.45) is 0 Å². The van der Waals surface area contributed by atoms with E-state index in [1.165, 1.54) is 0 Å². The van der Waals surface area contributed by atoms with Gasteiger partial charge in [-0.15, -0.1) is 0 Å². The first kappa shape index (κ1) is 6.45. The van der Waals surface area contributed by atoms with Crippen LogP contribution in [-0.4, -0.2) is 16.4 Å². The van der Waals surface area contributed by atoms with Crippen LogP contribution in [0.15, 0.2) is 6.20 Å². The maximum absolute atomic E-state index is 5.39. The van der Waals surface area contributed by atoms with E-state index in [1.807, 2.05) is 10.9 Å². The second-order valence-electron chi connectivity index (χ2n) is 2.22. The predicted molar refractivity (Wildman–Crippen MR) is 45.1 cm³/mol. The molecule has 3 nitrogen and oxygen atoms in total. The van der Waals surface area contributed by atoms with E-state index in [9.17, 15) is 0 Å². The van der Waals surface area contributed by atoms with Gasteiger partial charge in [0.15, 0.2) is 0 Å². The van der Waals surface area contributed by atoms with Gasteiger partial charge in [-0.1, -0.05) is 0 Å². The van der Waals surface area contributed by atoms with Crippen molar-refractivity contribution in [2.45, 2.75) is 13.0 Å². The second kappa shape index (κ2) is 2.41. The van der Waals surface area contributed by atoms with Crippen LogP contribution >= 0.6 is 22.6 Å². The minimum absolute atomic E-state index is 0.835. The zero-order chi connectivity index (χ0) is 6.97. The predicted octanol–water partition coefficient (Wildman–Crippen LogP) is 1.27. The van der Waals surface area contributed by atoms with Crippen molar-refractivity contribution in [1.82, 2.24) is 9.78 Å². The number of rotatable bonds is 0. The highest BCUT2D eigenvalue weighted by Gasteiger charge is 2.13. The van der Waals surface area contributed by atoms with Gasteiger partial charge in [0.05, 0.1) is 16.4 Å². The normalized spacial score (nSPS) is 16.1. The smallest absolute Gasteiger partial charge is 0.225 e. The third kappa shape index (κ3) is 0.902. The second-order valence-corrected chi connectivity index (χ2v) is 3.39. The van der Waals surface area contributed by atoms with E-state index in [-0.39, 0.29) is 0 Å². The average molecular weight is 250 g/mol. The molecule has 0 aromatic carbocycles. The number of aromatic nitrogens is 2. The summed E-state index contributed by atoms with van der Waals surface area (Å²) in [5.41, 5.74) is 0. The molecule has 1 aliphatic heterocycles. The Morgan fingerprint density at radius 3 is 3.40 bits per heavy atom. The monoisotopic (exact) mass is 250 g/mol. The molecule has 1 aromatic rings. The largest absolute Gasteiger partial charge is 0.477 e. The van der Waals surface area contributed by atoms with E-state index < -0.39 is 0 Å². The molecule has 2 rings (SSSR count). The summed E-state index contributed by atoms with van der Waals surface area (Å²) in [5.74, 6) is 0.937. The van der Waals surface area contributed by atoms with Crippen LogP contribution in [0.4, 0.5) is 0 Å². The molecule has 1 aromatic heterocycles. The van der Waals surface area contributed by atoms with Crippen LogP contribution in [-0.2, 0) is 6.54 Å². The third-order valence-corrected chi connectivity index (χ3v) is 2.24. The number of fused-ring (bicyclic) bond motifs is 1. The van der Waals surface area contributed by atoms with Crippen LogP contribution in [0.3, 0.4) is 0 Å². The number of hydrogen-bond donors (Lipinski definition) is 0. The molecular weight excluding hydrogens is 243 g/mol. The zero-order valence-corrected chi connectivity index (χ0v) is 7.54. The summed E-state index contributed by atoms with van der Waals surface area (Å²) in [4.78, 5) is 0. The number of halogens is 1. The quantitative estimate of drug-likeness (QED) is 0.648. The fourth-order valence-electron chi connectivity index (χ4n) is 1.04. The van der Waals surface area contributed by atoms with Crippen molar-refractivity contribution < 1.29 is 4.74 Å². The Balaban J connectivity index is 2.45. The molecule has 0 unspecified atom stereocenters. The Hall–Kier alpha value is -0.260. The fraction of sp³-hybridized carbons (Fsp3) is 0.500. The van der Waals surface area contributed by atoms with Crippen LogP contribution in [0, 0.1) is 3.57 Å². The molecule has 2 heterocycles. The Morgan fingerprint density at radius 1 is 1.70 bits per heavy atom. The Kier molecular flexibility index (Phi) is 1.55. The van der Waals surface area contributed by atoms with Crippen molar-refractivity contribution in [2.75, 3.05) is 6.61 Å². The van der Waals surface area contributed by atoms with Gasteiger partial charge >= 0.3 is 0 Å². The van der Waals surface area contributed by atoms with Gasteiger partial charge in [-0.3, -0.25) is 0 Å². The summed E-state index contributed by atoms with van der Waals surface area (Å²) in [7, 11) is 0. The summed E-state index contributed by atoms with van der Waals surface area (Å²) in [6, 6.07) is 0. The molecule has 0 spiro atoms. The lowest BCUT2D eigenvalue weighted by molar-refractivity contribution is 0.229. The van der Waals surface area contributed by atoms with E-state index in [0.717, 1.165) is 29.0 Å². The van der Waals surface area contributed by atoms with E-state index >= 15 is 0 Å². The Morgan fingerprint density at radius 2 is 2.60 bits per heavy atom. The van der Waals surface area contributed by atoms with Crippen LogP contribution in [0.25, 0.3) is 0 Å². The lowest BCUT2D eigenvalue weighted by Gasteiger charge is -2.14. The molecule has 0 amide bonds. The maximum Gasteiger partial charge on any atom is 0.225 e. The molecule has 54 valence electrons. The highest BCUT2D eigenvalue weighted by atomic mass is 127. The molecule has 0 saturated carbocycles. The Bertz CT molecular complexity index is 246. The lowest BCUT2D eigenvalue weighted by atomic mass is 10.4. The molecule has 1 aliphatic rings. The van der Waals surface area contributed by atoms with Gasteiger partial charge in [0.1, 0.15) is 0 Å². The van der Waals surface area contributed by atoms with Crippen LogP contribution in [0.1, 0.15) is 6.42 Å². The van der Waals surface area contributed by atoms with E-state index in [4.69, 9.17) is 4.74 Å². The van der Waals surface area contributed by atoms with Crippen molar-refractivity contribution in [3.63, 3.8) is 0 Å². The molecule has 0 radical (unpaired) electrons. The van der Waals surface area contributed by atoms with Gasteiger partial charge in [-0.25, -0.2) is 4.68 Å². The summed E-state index contributed by atoms with van der Waals surface area (Å²) >= 11 is 2.23. The van der Waals surface area contributed by atoms with Gasteiger partial charge in [-0.05, 0) is 22.6 Å². The number of hydrogen-bond acceptors (Lipinski definition) is 2. The summed E-state index contributed by atoms with van der Waals surface area (Å²) in [5, 5.41) is 4.14. The molecular formula is C6H7IN2O. The highest BCUT2D eigenvalue weighted by molar-refractivity contribution is 14.1. The van der Waals surface area contributed by atoms with Crippen LogP contribution < -0.4 is 4.74 Å².